The third-order valence-corrected chi connectivity index (χ3v) is 0.602. The molecule has 0 fully saturated rings. The number of carbonyl (C=O) groups excluding carboxylic acids is 1. The molecule has 0 aromatic carbocycles. The molecule has 0 saturated carbocycles. The predicted octanol–water partition coefficient (Wildman–Crippen LogP) is 0.733. The molecule has 0 rings (SSSR count). The van der Waals surface area contributed by atoms with Gasteiger partial charge < -0.3 is 10.1 Å². The summed E-state index contributed by atoms with van der Waals surface area (Å²) in [5.74, 6) is 0. The van der Waals surface area contributed by atoms with Gasteiger partial charge >= 0.3 is 6.09 Å². The second-order valence-corrected chi connectivity index (χ2v) is 1.31. The molecule has 0 aromatic heterocycles. The Bertz CT molecular complexity index is 101. The Hall–Kier alpha value is -0.990. The van der Waals surface area contributed by atoms with E-state index in [4.69, 9.17) is 0 Å². The second kappa shape index (κ2) is 5.15. The summed E-state index contributed by atoms with van der Waals surface area (Å²) in [4.78, 5) is 10.4. The van der Waals surface area contributed by atoms with Crippen LogP contribution in [0.2, 0.25) is 0 Å². The van der Waals surface area contributed by atoms with Crippen molar-refractivity contribution in [2.24, 2.45) is 0 Å². The highest BCUT2D eigenvalue weighted by Gasteiger charge is 1.93. The maximum Gasteiger partial charge on any atom is 0.407 e. The first-order chi connectivity index (χ1) is 4.31. The van der Waals surface area contributed by atoms with Crippen molar-refractivity contribution in [1.29, 1.82) is 0 Å². The number of ether oxygens (including phenoxy) is 1. The third kappa shape index (κ3) is 4.87. The molecule has 51 valence electrons. The first-order valence-electron chi connectivity index (χ1n) is 2.62. The Morgan fingerprint density at radius 2 is 2.44 bits per heavy atom. The lowest BCUT2D eigenvalue weighted by Gasteiger charge is -1.99. The Morgan fingerprint density at radius 1 is 1.78 bits per heavy atom. The lowest BCUT2D eigenvalue weighted by Crippen LogP contribution is -2.23. The molecule has 0 aliphatic carbocycles. The van der Waals surface area contributed by atoms with Crippen LogP contribution in [0.5, 0.6) is 0 Å². The summed E-state index contributed by atoms with van der Waals surface area (Å²) in [6.45, 7) is 7.35. The fourth-order valence-electron chi connectivity index (χ4n) is 0.288. The van der Waals surface area contributed by atoms with E-state index in [1.54, 1.807) is 0 Å². The Kier molecular flexibility index (Phi) is 4.59. The van der Waals surface area contributed by atoms with E-state index in [0.717, 1.165) is 0 Å². The van der Waals surface area contributed by atoms with E-state index in [-0.39, 0.29) is 6.61 Å². The van der Waals surface area contributed by atoms with Crippen molar-refractivity contribution in [3.63, 3.8) is 0 Å². The van der Waals surface area contributed by atoms with Crippen LogP contribution in [-0.4, -0.2) is 19.2 Å². The van der Waals surface area contributed by atoms with E-state index in [2.05, 4.69) is 23.6 Å². The first kappa shape index (κ1) is 8.01. The summed E-state index contributed by atoms with van der Waals surface area (Å²) >= 11 is 0. The van der Waals surface area contributed by atoms with Crippen molar-refractivity contribution in [2.75, 3.05) is 13.2 Å². The molecule has 1 radical (unpaired) electrons. The average molecular weight is 128 g/mol. The number of amides is 1. The number of hydrogen-bond donors (Lipinski definition) is 1. The lowest BCUT2D eigenvalue weighted by atomic mass is 10.7. The first-order valence-corrected chi connectivity index (χ1v) is 2.62. The van der Waals surface area contributed by atoms with Crippen molar-refractivity contribution in [1.82, 2.24) is 5.32 Å². The molecule has 0 spiro atoms. The molecule has 0 aliphatic heterocycles. The largest absolute Gasteiger partial charge is 0.445 e. The molecule has 0 saturated heterocycles. The van der Waals surface area contributed by atoms with Crippen LogP contribution in [0.1, 0.15) is 0 Å². The van der Waals surface area contributed by atoms with Crippen LogP contribution in [0, 0.1) is 6.92 Å². The maximum absolute atomic E-state index is 10.4. The van der Waals surface area contributed by atoms with Gasteiger partial charge in [-0.1, -0.05) is 12.7 Å². The van der Waals surface area contributed by atoms with E-state index in [9.17, 15) is 4.79 Å². The third-order valence-electron chi connectivity index (χ3n) is 0.602. The minimum absolute atomic E-state index is 0.242. The molecular formula is C6H10NO2. The van der Waals surface area contributed by atoms with Crippen LogP contribution in [0.15, 0.2) is 12.7 Å². The zero-order chi connectivity index (χ0) is 7.11. The van der Waals surface area contributed by atoms with Crippen LogP contribution < -0.4 is 5.32 Å². The highest BCUT2D eigenvalue weighted by molar-refractivity contribution is 5.67. The van der Waals surface area contributed by atoms with Crippen molar-refractivity contribution < 1.29 is 9.53 Å². The standard InChI is InChI=1S/C6H10NO2/c1-3-5-9-6(8)7-4-2/h3H,1-2,4-5H2,(H,7,8). The van der Waals surface area contributed by atoms with Gasteiger partial charge in [0.05, 0.1) is 0 Å². The van der Waals surface area contributed by atoms with E-state index in [0.29, 0.717) is 6.54 Å². The number of carbonyl (C=O) groups is 1. The summed E-state index contributed by atoms with van der Waals surface area (Å²) in [7, 11) is 0. The second-order valence-electron chi connectivity index (χ2n) is 1.31. The summed E-state index contributed by atoms with van der Waals surface area (Å²) < 4.78 is 4.52. The summed E-state index contributed by atoms with van der Waals surface area (Å²) in [6.07, 6.45) is 1.05. The molecule has 3 nitrogen and oxygen atoms in total. The molecule has 9 heavy (non-hydrogen) atoms. The van der Waals surface area contributed by atoms with Gasteiger partial charge in [0, 0.05) is 6.54 Å². The van der Waals surface area contributed by atoms with Crippen molar-refractivity contribution in [2.45, 2.75) is 0 Å². The zero-order valence-corrected chi connectivity index (χ0v) is 5.22. The van der Waals surface area contributed by atoms with Gasteiger partial charge in [-0.2, -0.15) is 0 Å². The molecule has 3 heteroatoms. The molecule has 0 unspecified atom stereocenters. The van der Waals surface area contributed by atoms with Crippen molar-refractivity contribution in [3.8, 4) is 0 Å². The normalized spacial score (nSPS) is 8.11. The van der Waals surface area contributed by atoms with Gasteiger partial charge in [-0.25, -0.2) is 4.79 Å². The van der Waals surface area contributed by atoms with Crippen LogP contribution in [0.3, 0.4) is 0 Å². The molecule has 0 heterocycles. The highest BCUT2D eigenvalue weighted by Crippen LogP contribution is 1.75. The smallest absolute Gasteiger partial charge is 0.407 e. The predicted molar refractivity (Wildman–Crippen MR) is 34.9 cm³/mol. The summed E-state index contributed by atoms with van der Waals surface area (Å²) in [5.41, 5.74) is 0. The fourth-order valence-corrected chi connectivity index (χ4v) is 0.288. The van der Waals surface area contributed by atoms with Crippen molar-refractivity contribution in [3.05, 3.63) is 19.6 Å². The van der Waals surface area contributed by atoms with Crippen LogP contribution >= 0.6 is 0 Å². The Balaban J connectivity index is 3.16. The Morgan fingerprint density at radius 3 is 2.89 bits per heavy atom. The summed E-state index contributed by atoms with van der Waals surface area (Å²) in [6, 6.07) is 0. The van der Waals surface area contributed by atoms with E-state index in [1.807, 2.05) is 0 Å². The Labute approximate surface area is 54.7 Å². The minimum atomic E-state index is -0.454. The van der Waals surface area contributed by atoms with Gasteiger partial charge in [0.2, 0.25) is 0 Å². The van der Waals surface area contributed by atoms with E-state index >= 15 is 0 Å². The number of alkyl carbamates (subject to hydrolysis) is 1. The maximum atomic E-state index is 10.4. The molecule has 1 N–H and O–H groups in total. The van der Waals surface area contributed by atoms with Gasteiger partial charge in [-0.05, 0) is 6.92 Å². The number of hydrogen-bond acceptors (Lipinski definition) is 2. The number of rotatable bonds is 3. The topological polar surface area (TPSA) is 38.3 Å². The molecule has 0 aromatic rings. The monoisotopic (exact) mass is 128 g/mol. The fraction of sp³-hybridized carbons (Fsp3) is 0.333. The quantitative estimate of drug-likeness (QED) is 0.569. The van der Waals surface area contributed by atoms with E-state index < -0.39 is 6.09 Å². The van der Waals surface area contributed by atoms with Crippen LogP contribution in [0.25, 0.3) is 0 Å². The summed E-state index contributed by atoms with van der Waals surface area (Å²) in [5, 5.41) is 2.36. The SMILES string of the molecule is [CH2]CNC(=O)OCC=C. The van der Waals surface area contributed by atoms with E-state index in [1.165, 1.54) is 6.08 Å². The molecular weight excluding hydrogens is 118 g/mol. The highest BCUT2D eigenvalue weighted by atomic mass is 16.5. The molecule has 1 amide bonds. The van der Waals surface area contributed by atoms with Gasteiger partial charge in [0.1, 0.15) is 6.61 Å². The van der Waals surface area contributed by atoms with Crippen LogP contribution in [-0.2, 0) is 4.74 Å². The number of nitrogens with one attached hydrogen (secondary N) is 1. The lowest BCUT2D eigenvalue weighted by molar-refractivity contribution is 0.159. The average Bonchev–Trinajstić information content (AvgIpc) is 1.85. The zero-order valence-electron chi connectivity index (χ0n) is 5.22. The van der Waals surface area contributed by atoms with Gasteiger partial charge in [0.25, 0.3) is 0 Å². The molecule has 0 atom stereocenters. The molecule has 0 aliphatic rings. The van der Waals surface area contributed by atoms with Crippen molar-refractivity contribution >= 4 is 6.09 Å². The van der Waals surface area contributed by atoms with Gasteiger partial charge in [-0.15, -0.1) is 0 Å². The van der Waals surface area contributed by atoms with Gasteiger partial charge in [0.15, 0.2) is 0 Å². The van der Waals surface area contributed by atoms with Gasteiger partial charge in [-0.3, -0.25) is 0 Å². The molecule has 0 bridgehead atoms. The minimum Gasteiger partial charge on any atom is -0.445 e. The van der Waals surface area contributed by atoms with Crippen LogP contribution in [0.4, 0.5) is 4.79 Å².